The first kappa shape index (κ1) is 19.3. The van der Waals surface area contributed by atoms with E-state index in [1.165, 1.54) is 6.08 Å². The highest BCUT2D eigenvalue weighted by molar-refractivity contribution is 6.00. The fourth-order valence-corrected chi connectivity index (χ4v) is 3.13. The number of nitrogens with one attached hydrogen (secondary N) is 2. The summed E-state index contributed by atoms with van der Waals surface area (Å²) in [4.78, 5) is 24.1. The maximum absolute atomic E-state index is 12.7. The smallest absolute Gasteiger partial charge is 0.251 e. The lowest BCUT2D eigenvalue weighted by Gasteiger charge is -2.20. The predicted molar refractivity (Wildman–Crippen MR) is 111 cm³/mol. The molecular weight excluding hydrogens is 352 g/mol. The van der Waals surface area contributed by atoms with Gasteiger partial charge in [-0.25, -0.2) is 0 Å². The van der Waals surface area contributed by atoms with Gasteiger partial charge in [-0.3, -0.25) is 9.59 Å². The van der Waals surface area contributed by atoms with E-state index in [0.717, 1.165) is 16.3 Å². The molecule has 0 aromatic heterocycles. The van der Waals surface area contributed by atoms with Crippen molar-refractivity contribution in [2.45, 2.75) is 12.5 Å². The minimum absolute atomic E-state index is 0.0410. The van der Waals surface area contributed by atoms with Gasteiger partial charge >= 0.3 is 0 Å². The number of rotatable bonds is 7. The van der Waals surface area contributed by atoms with E-state index in [2.05, 4.69) is 17.2 Å². The molecule has 28 heavy (non-hydrogen) atoms. The lowest BCUT2D eigenvalue weighted by atomic mass is 9.96. The van der Waals surface area contributed by atoms with Crippen molar-refractivity contribution in [1.29, 1.82) is 0 Å². The van der Waals surface area contributed by atoms with Crippen LogP contribution in [0, 0.1) is 0 Å². The lowest BCUT2D eigenvalue weighted by Crippen LogP contribution is -2.29. The van der Waals surface area contributed by atoms with Crippen molar-refractivity contribution >= 4 is 28.3 Å². The van der Waals surface area contributed by atoms with Crippen LogP contribution in [0.4, 0.5) is 5.69 Å². The highest BCUT2D eigenvalue weighted by atomic mass is 16.3. The minimum atomic E-state index is -0.316. The normalized spacial score (nSPS) is 11.6. The average Bonchev–Trinajstić information content (AvgIpc) is 2.73. The monoisotopic (exact) mass is 374 g/mol. The Kier molecular flexibility index (Phi) is 6.19. The minimum Gasteiger partial charge on any atom is -0.396 e. The molecule has 0 aliphatic rings. The molecule has 0 heterocycles. The van der Waals surface area contributed by atoms with Gasteiger partial charge in [0.15, 0.2) is 0 Å². The molecule has 0 aliphatic carbocycles. The number of hydrogen-bond acceptors (Lipinski definition) is 3. The number of amides is 2. The topological polar surface area (TPSA) is 78.4 Å². The van der Waals surface area contributed by atoms with Gasteiger partial charge in [-0.1, -0.05) is 49.0 Å². The van der Waals surface area contributed by atoms with Crippen molar-refractivity contribution in [2.75, 3.05) is 11.9 Å². The maximum atomic E-state index is 12.7. The molecule has 3 N–H and O–H groups in total. The lowest BCUT2D eigenvalue weighted by molar-refractivity contribution is -0.111. The Hall–Kier alpha value is -3.44. The van der Waals surface area contributed by atoms with Crippen LogP contribution in [-0.4, -0.2) is 23.5 Å². The van der Waals surface area contributed by atoms with Crippen molar-refractivity contribution in [3.63, 3.8) is 0 Å². The van der Waals surface area contributed by atoms with Crippen molar-refractivity contribution in [1.82, 2.24) is 5.32 Å². The summed E-state index contributed by atoms with van der Waals surface area (Å²) in [5.41, 5.74) is 2.03. The number of hydrogen-bond donors (Lipinski definition) is 3. The standard InChI is InChI=1S/C23H22N2O3/c1-2-22(27)24-18-12-10-17(11-13-18)23(28)25-21(14-15-26)20-9-5-7-16-6-3-4-8-19(16)20/h2-13,21,26H,1,14-15H2,(H,24,27)(H,25,28)/t21-/m0/s1. The van der Waals surface area contributed by atoms with E-state index < -0.39 is 0 Å². The van der Waals surface area contributed by atoms with Gasteiger partial charge in [-0.2, -0.15) is 0 Å². The molecule has 5 heteroatoms. The molecule has 0 spiro atoms. The molecule has 5 nitrogen and oxygen atoms in total. The molecule has 2 amide bonds. The number of carbonyl (C=O) groups is 2. The molecule has 0 saturated carbocycles. The molecular formula is C23H22N2O3. The predicted octanol–water partition coefficient (Wildman–Crippen LogP) is 3.82. The Labute approximate surface area is 163 Å². The zero-order valence-corrected chi connectivity index (χ0v) is 15.4. The van der Waals surface area contributed by atoms with Gasteiger partial charge in [-0.15, -0.1) is 0 Å². The Bertz CT molecular complexity index is 991. The van der Waals surface area contributed by atoms with Crippen LogP contribution in [0.25, 0.3) is 10.8 Å². The van der Waals surface area contributed by atoms with Crippen LogP contribution in [0.3, 0.4) is 0 Å². The first-order chi connectivity index (χ1) is 13.6. The third-order valence-electron chi connectivity index (χ3n) is 4.52. The number of carbonyl (C=O) groups excluding carboxylic acids is 2. The summed E-state index contributed by atoms with van der Waals surface area (Å²) in [7, 11) is 0. The molecule has 0 bridgehead atoms. The van der Waals surface area contributed by atoms with Crippen molar-refractivity contribution < 1.29 is 14.7 Å². The molecule has 0 fully saturated rings. The van der Waals surface area contributed by atoms with Gasteiger partial charge in [0.2, 0.25) is 5.91 Å². The van der Waals surface area contributed by atoms with Gasteiger partial charge in [0, 0.05) is 17.9 Å². The fraction of sp³-hybridized carbons (Fsp3) is 0.130. The van der Waals surface area contributed by atoms with Crippen LogP contribution >= 0.6 is 0 Å². The number of aliphatic hydroxyl groups excluding tert-OH is 1. The summed E-state index contributed by atoms with van der Waals surface area (Å²) in [5.74, 6) is -0.552. The van der Waals surface area contributed by atoms with E-state index >= 15 is 0 Å². The number of aliphatic hydroxyl groups is 1. The molecule has 3 aromatic rings. The highest BCUT2D eigenvalue weighted by Gasteiger charge is 2.17. The van der Waals surface area contributed by atoms with Crippen molar-refractivity contribution in [2.24, 2.45) is 0 Å². The molecule has 0 aliphatic heterocycles. The third kappa shape index (κ3) is 4.45. The number of anilines is 1. The summed E-state index contributed by atoms with van der Waals surface area (Å²) in [6, 6.07) is 20.2. The van der Waals surface area contributed by atoms with Crippen LogP contribution in [0.2, 0.25) is 0 Å². The first-order valence-corrected chi connectivity index (χ1v) is 9.05. The maximum Gasteiger partial charge on any atom is 0.251 e. The van der Waals surface area contributed by atoms with Gasteiger partial charge in [0.05, 0.1) is 6.04 Å². The second-order valence-electron chi connectivity index (χ2n) is 6.38. The summed E-state index contributed by atoms with van der Waals surface area (Å²) in [5, 5.41) is 17.3. The van der Waals surface area contributed by atoms with Gasteiger partial charge in [0.1, 0.15) is 0 Å². The second-order valence-corrected chi connectivity index (χ2v) is 6.38. The van der Waals surface area contributed by atoms with Crippen LogP contribution < -0.4 is 10.6 Å². The Balaban J connectivity index is 1.81. The number of benzene rings is 3. The summed E-state index contributed by atoms with van der Waals surface area (Å²) in [6.45, 7) is 3.37. The zero-order chi connectivity index (χ0) is 19.9. The van der Waals surface area contributed by atoms with Crippen LogP contribution in [0.1, 0.15) is 28.4 Å². The fourth-order valence-electron chi connectivity index (χ4n) is 3.13. The molecule has 3 aromatic carbocycles. The average molecular weight is 374 g/mol. The van der Waals surface area contributed by atoms with E-state index in [1.54, 1.807) is 24.3 Å². The van der Waals surface area contributed by atoms with E-state index in [9.17, 15) is 14.7 Å². The molecule has 3 rings (SSSR count). The largest absolute Gasteiger partial charge is 0.396 e. The molecule has 1 atom stereocenters. The van der Waals surface area contributed by atoms with Crippen molar-refractivity contribution in [3.05, 3.63) is 90.5 Å². The zero-order valence-electron chi connectivity index (χ0n) is 15.4. The summed E-state index contributed by atoms with van der Waals surface area (Å²) < 4.78 is 0. The van der Waals surface area contributed by atoms with E-state index in [1.807, 2.05) is 42.5 Å². The Morgan fingerprint density at radius 3 is 2.43 bits per heavy atom. The van der Waals surface area contributed by atoms with Crippen LogP contribution in [0.15, 0.2) is 79.4 Å². The Morgan fingerprint density at radius 1 is 1.00 bits per heavy atom. The summed E-state index contributed by atoms with van der Waals surface area (Å²) in [6.07, 6.45) is 1.59. The van der Waals surface area contributed by atoms with E-state index in [-0.39, 0.29) is 24.5 Å². The Morgan fingerprint density at radius 2 is 1.71 bits per heavy atom. The first-order valence-electron chi connectivity index (χ1n) is 9.05. The highest BCUT2D eigenvalue weighted by Crippen LogP contribution is 2.26. The molecule has 0 unspecified atom stereocenters. The molecule has 0 radical (unpaired) electrons. The van der Waals surface area contributed by atoms with Gasteiger partial charge in [-0.05, 0) is 53.1 Å². The third-order valence-corrected chi connectivity index (χ3v) is 4.52. The van der Waals surface area contributed by atoms with Crippen LogP contribution in [-0.2, 0) is 4.79 Å². The summed E-state index contributed by atoms with van der Waals surface area (Å²) >= 11 is 0. The van der Waals surface area contributed by atoms with Crippen LogP contribution in [0.5, 0.6) is 0 Å². The SMILES string of the molecule is C=CC(=O)Nc1ccc(C(=O)N[C@@H](CCO)c2cccc3ccccc23)cc1. The molecule has 0 saturated heterocycles. The van der Waals surface area contributed by atoms with E-state index in [4.69, 9.17) is 0 Å². The second kappa shape index (κ2) is 8.97. The van der Waals surface area contributed by atoms with Gasteiger partial charge in [0.25, 0.3) is 5.91 Å². The number of fused-ring (bicyclic) bond motifs is 1. The quantitative estimate of drug-likeness (QED) is 0.550. The van der Waals surface area contributed by atoms with E-state index in [0.29, 0.717) is 17.7 Å². The molecule has 142 valence electrons. The van der Waals surface area contributed by atoms with Gasteiger partial charge < -0.3 is 15.7 Å². The van der Waals surface area contributed by atoms with Crippen molar-refractivity contribution in [3.8, 4) is 0 Å².